The highest BCUT2D eigenvalue weighted by Crippen LogP contribution is 2.39. The van der Waals surface area contributed by atoms with Crippen LogP contribution in [0.5, 0.6) is 0 Å². The number of hydrogen-bond acceptors (Lipinski definition) is 3. The number of methoxy groups -OCH3 is 1. The van der Waals surface area contributed by atoms with Crippen LogP contribution in [0.15, 0.2) is 4.47 Å². The van der Waals surface area contributed by atoms with Crippen molar-refractivity contribution < 1.29 is 9.84 Å². The summed E-state index contributed by atoms with van der Waals surface area (Å²) in [6.07, 6.45) is 4.03. The van der Waals surface area contributed by atoms with Gasteiger partial charge < -0.3 is 9.84 Å². The molecule has 0 radical (unpaired) electrons. The molecule has 0 spiro atoms. The Labute approximate surface area is 116 Å². The predicted molar refractivity (Wildman–Crippen MR) is 73.6 cm³/mol. The molecule has 18 heavy (non-hydrogen) atoms. The van der Waals surface area contributed by atoms with Gasteiger partial charge in [0.05, 0.1) is 27.6 Å². The van der Waals surface area contributed by atoms with Gasteiger partial charge in [0, 0.05) is 20.6 Å². The lowest BCUT2D eigenvalue weighted by atomic mass is 9.74. The van der Waals surface area contributed by atoms with E-state index in [9.17, 15) is 5.11 Å². The number of aliphatic hydroxyl groups excluding tert-OH is 1. The van der Waals surface area contributed by atoms with Crippen LogP contribution in [0.4, 0.5) is 0 Å². The molecule has 0 amide bonds. The van der Waals surface area contributed by atoms with Crippen molar-refractivity contribution in [3.63, 3.8) is 0 Å². The van der Waals surface area contributed by atoms with E-state index in [1.807, 2.05) is 11.7 Å². The van der Waals surface area contributed by atoms with Crippen LogP contribution in [0.3, 0.4) is 0 Å². The van der Waals surface area contributed by atoms with Gasteiger partial charge in [-0.15, -0.1) is 0 Å². The number of nitrogens with zero attached hydrogens (tertiary/aromatic N) is 2. The van der Waals surface area contributed by atoms with Crippen LogP contribution in [0.2, 0.25) is 0 Å². The largest absolute Gasteiger partial charge is 0.390 e. The molecule has 1 aliphatic carbocycles. The van der Waals surface area contributed by atoms with Gasteiger partial charge in [-0.3, -0.25) is 4.68 Å². The molecule has 1 aromatic rings. The van der Waals surface area contributed by atoms with Crippen LogP contribution in [-0.2, 0) is 24.6 Å². The van der Waals surface area contributed by atoms with Crippen molar-refractivity contribution in [1.82, 2.24) is 9.78 Å². The highest BCUT2D eigenvalue weighted by atomic mass is 79.9. The van der Waals surface area contributed by atoms with Crippen molar-refractivity contribution >= 4 is 15.9 Å². The molecular weight excluding hydrogens is 296 g/mol. The summed E-state index contributed by atoms with van der Waals surface area (Å²) in [4.78, 5) is 0. The first-order valence-corrected chi connectivity index (χ1v) is 7.27. The molecule has 1 atom stereocenters. The summed E-state index contributed by atoms with van der Waals surface area (Å²) in [7, 11) is 3.62. The molecule has 1 fully saturated rings. The van der Waals surface area contributed by atoms with E-state index in [-0.39, 0.29) is 5.60 Å². The Morgan fingerprint density at radius 2 is 2.22 bits per heavy atom. The van der Waals surface area contributed by atoms with Crippen LogP contribution in [0.1, 0.15) is 37.6 Å². The fraction of sp³-hybridized carbons (Fsp3) is 0.769. The van der Waals surface area contributed by atoms with Gasteiger partial charge in [0.2, 0.25) is 0 Å². The molecule has 0 saturated heterocycles. The Kier molecular flexibility index (Phi) is 4.14. The summed E-state index contributed by atoms with van der Waals surface area (Å²) in [6, 6.07) is 0. The summed E-state index contributed by atoms with van der Waals surface area (Å²) in [5.41, 5.74) is 1.75. The number of aryl methyl sites for hydroxylation is 2. The van der Waals surface area contributed by atoms with Crippen molar-refractivity contribution in [3.05, 3.63) is 15.9 Å². The normalized spacial score (nSPS) is 19.6. The van der Waals surface area contributed by atoms with Gasteiger partial charge in [0.15, 0.2) is 0 Å². The third kappa shape index (κ3) is 2.24. The van der Waals surface area contributed by atoms with Crippen LogP contribution >= 0.6 is 15.9 Å². The molecule has 1 N–H and O–H groups in total. The molecule has 5 heteroatoms. The number of ether oxygens (including phenoxy) is 1. The molecule has 0 aromatic carbocycles. The quantitative estimate of drug-likeness (QED) is 0.906. The van der Waals surface area contributed by atoms with Crippen molar-refractivity contribution in [2.75, 3.05) is 7.11 Å². The highest BCUT2D eigenvalue weighted by Gasteiger charge is 2.44. The average molecular weight is 317 g/mol. The van der Waals surface area contributed by atoms with E-state index in [2.05, 4.69) is 28.0 Å². The Morgan fingerprint density at radius 3 is 2.61 bits per heavy atom. The lowest BCUT2D eigenvalue weighted by Crippen LogP contribution is -2.51. The van der Waals surface area contributed by atoms with Crippen molar-refractivity contribution in [2.45, 2.75) is 50.7 Å². The maximum atomic E-state index is 10.4. The molecule has 1 saturated carbocycles. The molecule has 1 aromatic heterocycles. The first-order valence-electron chi connectivity index (χ1n) is 6.47. The highest BCUT2D eigenvalue weighted by molar-refractivity contribution is 9.10. The van der Waals surface area contributed by atoms with E-state index in [4.69, 9.17) is 4.74 Å². The molecule has 1 unspecified atom stereocenters. The van der Waals surface area contributed by atoms with Crippen molar-refractivity contribution in [2.24, 2.45) is 7.05 Å². The van der Waals surface area contributed by atoms with Gasteiger partial charge >= 0.3 is 0 Å². The summed E-state index contributed by atoms with van der Waals surface area (Å²) in [5.74, 6) is 0. The Hall–Kier alpha value is -0.390. The lowest BCUT2D eigenvalue weighted by molar-refractivity contribution is -0.149. The van der Waals surface area contributed by atoms with Gasteiger partial charge in [0.1, 0.15) is 0 Å². The molecule has 1 aliphatic rings. The van der Waals surface area contributed by atoms with E-state index in [1.54, 1.807) is 7.11 Å². The number of halogens is 1. The maximum Gasteiger partial charge on any atom is 0.0940 e. The number of aromatic nitrogens is 2. The van der Waals surface area contributed by atoms with E-state index in [0.717, 1.165) is 41.5 Å². The zero-order valence-electron chi connectivity index (χ0n) is 11.2. The zero-order valence-corrected chi connectivity index (χ0v) is 12.8. The van der Waals surface area contributed by atoms with Crippen molar-refractivity contribution in [3.8, 4) is 0 Å². The topological polar surface area (TPSA) is 47.3 Å². The summed E-state index contributed by atoms with van der Waals surface area (Å²) in [5, 5.41) is 14.9. The average Bonchev–Trinajstić information content (AvgIpc) is 2.56. The second kappa shape index (κ2) is 5.31. The standard InChI is InChI=1S/C13H21BrN2O2/c1-4-9-12(14)10(16(2)15-9)8-11(17)13(18-3)6-5-7-13/h11,17H,4-8H2,1-3H3. The minimum Gasteiger partial charge on any atom is -0.390 e. The Balaban J connectivity index is 2.16. The first kappa shape index (κ1) is 14.0. The van der Waals surface area contributed by atoms with Gasteiger partial charge in [-0.05, 0) is 41.6 Å². The first-order chi connectivity index (χ1) is 8.54. The summed E-state index contributed by atoms with van der Waals surface area (Å²) in [6.45, 7) is 2.08. The van der Waals surface area contributed by atoms with Crippen LogP contribution in [0, 0.1) is 0 Å². The third-order valence-corrected chi connectivity index (χ3v) is 5.02. The van der Waals surface area contributed by atoms with E-state index >= 15 is 0 Å². The minimum atomic E-state index is -0.465. The Bertz CT molecular complexity index is 421. The smallest absolute Gasteiger partial charge is 0.0940 e. The molecule has 0 aliphatic heterocycles. The summed E-state index contributed by atoms with van der Waals surface area (Å²) < 4.78 is 8.41. The lowest BCUT2D eigenvalue weighted by Gasteiger charge is -2.44. The zero-order chi connectivity index (χ0) is 13.3. The van der Waals surface area contributed by atoms with Crippen LogP contribution in [0.25, 0.3) is 0 Å². The third-order valence-electron chi connectivity index (χ3n) is 4.10. The van der Waals surface area contributed by atoms with Crippen LogP contribution < -0.4 is 0 Å². The fourth-order valence-corrected chi connectivity index (χ4v) is 3.39. The SMILES string of the molecule is CCc1nn(C)c(CC(O)C2(OC)CCC2)c1Br. The van der Waals surface area contributed by atoms with Crippen LogP contribution in [-0.4, -0.2) is 33.7 Å². The van der Waals surface area contributed by atoms with Gasteiger partial charge in [0.25, 0.3) is 0 Å². The summed E-state index contributed by atoms with van der Waals surface area (Å²) >= 11 is 3.58. The van der Waals surface area contributed by atoms with E-state index < -0.39 is 6.10 Å². The molecule has 102 valence electrons. The predicted octanol–water partition coefficient (Wildman–Crippen LogP) is 2.22. The molecule has 4 nitrogen and oxygen atoms in total. The molecule has 0 bridgehead atoms. The van der Waals surface area contributed by atoms with Gasteiger partial charge in [-0.1, -0.05) is 6.92 Å². The second-order valence-electron chi connectivity index (χ2n) is 5.03. The monoisotopic (exact) mass is 316 g/mol. The van der Waals surface area contributed by atoms with Gasteiger partial charge in [-0.2, -0.15) is 5.10 Å². The number of aliphatic hydroxyl groups is 1. The van der Waals surface area contributed by atoms with Gasteiger partial charge in [-0.25, -0.2) is 0 Å². The Morgan fingerprint density at radius 1 is 1.56 bits per heavy atom. The molecule has 2 rings (SSSR count). The van der Waals surface area contributed by atoms with Crippen molar-refractivity contribution in [1.29, 1.82) is 0 Å². The molecular formula is C13H21BrN2O2. The van der Waals surface area contributed by atoms with E-state index in [1.165, 1.54) is 0 Å². The molecule has 1 heterocycles. The second-order valence-corrected chi connectivity index (χ2v) is 5.82. The number of hydrogen-bond donors (Lipinski definition) is 1. The maximum absolute atomic E-state index is 10.4. The van der Waals surface area contributed by atoms with E-state index in [0.29, 0.717) is 6.42 Å². The number of rotatable bonds is 5. The fourth-order valence-electron chi connectivity index (χ4n) is 2.61. The minimum absolute atomic E-state index is 0.337.